The summed E-state index contributed by atoms with van der Waals surface area (Å²) in [6, 6.07) is 3.24. The zero-order chi connectivity index (χ0) is 10.3. The van der Waals surface area contributed by atoms with Gasteiger partial charge in [0.15, 0.2) is 0 Å². The molecule has 0 amide bonds. The Morgan fingerprint density at radius 3 is 1.23 bits per heavy atom. The molecule has 0 radical (unpaired) electrons. The van der Waals surface area contributed by atoms with Gasteiger partial charge in [-0.2, -0.15) is 0 Å². The van der Waals surface area contributed by atoms with E-state index in [9.17, 15) is 0 Å². The van der Waals surface area contributed by atoms with Crippen LogP contribution in [0.25, 0.3) is 0 Å². The van der Waals surface area contributed by atoms with Crippen molar-refractivity contribution in [2.45, 2.75) is 7.59 Å². The van der Waals surface area contributed by atoms with E-state index in [2.05, 4.69) is 0 Å². The first-order valence-corrected chi connectivity index (χ1v) is 6.04. The highest BCUT2D eigenvalue weighted by Crippen LogP contribution is 2.47. The molecular formula is C6H2Cl6S. The van der Waals surface area contributed by atoms with Crippen LogP contribution in [0.1, 0.15) is 9.75 Å². The van der Waals surface area contributed by atoms with Crippen LogP contribution in [0.5, 0.6) is 0 Å². The number of hydrogen-bond donors (Lipinski definition) is 0. The molecule has 1 aromatic rings. The standard InChI is InChI=1S/C6H2Cl6S/c7-5(8,9)3-1-2-4(13-3)6(10,11)12/h1-2H. The van der Waals surface area contributed by atoms with Crippen LogP contribution >= 0.6 is 80.9 Å². The summed E-state index contributed by atoms with van der Waals surface area (Å²) < 4.78 is -2.92. The Kier molecular flexibility index (Phi) is 3.97. The van der Waals surface area contributed by atoms with Crippen LogP contribution in [-0.2, 0) is 7.59 Å². The van der Waals surface area contributed by atoms with Gasteiger partial charge in [-0.15, -0.1) is 11.3 Å². The highest BCUT2D eigenvalue weighted by Gasteiger charge is 2.30. The second kappa shape index (κ2) is 4.13. The molecule has 0 aliphatic heterocycles. The van der Waals surface area contributed by atoms with Crippen molar-refractivity contribution in [1.82, 2.24) is 0 Å². The van der Waals surface area contributed by atoms with Gasteiger partial charge in [-0.1, -0.05) is 69.6 Å². The quantitative estimate of drug-likeness (QED) is 0.562. The van der Waals surface area contributed by atoms with Crippen molar-refractivity contribution in [1.29, 1.82) is 0 Å². The second-order valence-corrected chi connectivity index (χ2v) is 7.81. The van der Waals surface area contributed by atoms with Crippen molar-refractivity contribution in [3.8, 4) is 0 Å². The maximum Gasteiger partial charge on any atom is 0.225 e. The Hall–Kier alpha value is 1.44. The van der Waals surface area contributed by atoms with Gasteiger partial charge < -0.3 is 0 Å². The molecule has 0 aromatic carbocycles. The van der Waals surface area contributed by atoms with Gasteiger partial charge in [-0.3, -0.25) is 0 Å². The molecule has 0 atom stereocenters. The van der Waals surface area contributed by atoms with Crippen LogP contribution in [-0.4, -0.2) is 0 Å². The minimum absolute atomic E-state index is 0.527. The monoisotopic (exact) mass is 316 g/mol. The van der Waals surface area contributed by atoms with E-state index in [1.165, 1.54) is 0 Å². The Bertz CT molecular complexity index is 264. The maximum absolute atomic E-state index is 5.63. The van der Waals surface area contributed by atoms with E-state index in [0.717, 1.165) is 11.3 Å². The van der Waals surface area contributed by atoms with E-state index in [1.54, 1.807) is 12.1 Å². The zero-order valence-electron chi connectivity index (χ0n) is 5.83. The van der Waals surface area contributed by atoms with Gasteiger partial charge in [-0.05, 0) is 12.1 Å². The molecule has 13 heavy (non-hydrogen) atoms. The Morgan fingerprint density at radius 1 is 0.769 bits per heavy atom. The van der Waals surface area contributed by atoms with Crippen LogP contribution < -0.4 is 0 Å². The van der Waals surface area contributed by atoms with Crippen LogP contribution in [0, 0.1) is 0 Å². The predicted molar refractivity (Wildman–Crippen MR) is 62.8 cm³/mol. The summed E-state index contributed by atoms with van der Waals surface area (Å²) >= 11 is 35.0. The first kappa shape index (κ1) is 12.5. The molecule has 1 rings (SSSR count). The third kappa shape index (κ3) is 3.49. The summed E-state index contributed by atoms with van der Waals surface area (Å²) in [5, 5.41) is 0. The molecule has 7 heteroatoms. The molecule has 1 aromatic heterocycles. The predicted octanol–water partition coefficient (Wildman–Crippen LogP) is 5.40. The molecule has 0 fully saturated rings. The number of rotatable bonds is 0. The van der Waals surface area contributed by atoms with E-state index >= 15 is 0 Å². The molecule has 0 aliphatic rings. The summed E-state index contributed by atoms with van der Waals surface area (Å²) in [5.74, 6) is 0. The number of hydrogen-bond acceptors (Lipinski definition) is 1. The van der Waals surface area contributed by atoms with Crippen molar-refractivity contribution in [2.75, 3.05) is 0 Å². The van der Waals surface area contributed by atoms with Crippen LogP contribution in [0.2, 0.25) is 0 Å². The maximum atomic E-state index is 5.63. The molecule has 0 N–H and O–H groups in total. The number of halogens is 6. The Balaban J connectivity index is 3.01. The van der Waals surface area contributed by atoms with E-state index in [1.807, 2.05) is 0 Å². The van der Waals surface area contributed by atoms with Gasteiger partial charge in [0.1, 0.15) is 0 Å². The summed E-state index contributed by atoms with van der Waals surface area (Å²) in [7, 11) is 0. The lowest BCUT2D eigenvalue weighted by molar-refractivity contribution is 1.31. The van der Waals surface area contributed by atoms with Gasteiger partial charge >= 0.3 is 0 Å². The molecule has 74 valence electrons. The molecule has 0 unspecified atom stereocenters. The van der Waals surface area contributed by atoms with Gasteiger partial charge in [0.25, 0.3) is 0 Å². The molecule has 0 aliphatic carbocycles. The fourth-order valence-corrected chi connectivity index (χ4v) is 2.46. The molecule has 0 saturated carbocycles. The van der Waals surface area contributed by atoms with Crippen LogP contribution in [0.3, 0.4) is 0 Å². The number of thiophene rings is 1. The van der Waals surface area contributed by atoms with Crippen molar-refractivity contribution >= 4 is 80.9 Å². The highest BCUT2D eigenvalue weighted by molar-refractivity contribution is 7.14. The first-order chi connectivity index (χ1) is 5.71. The van der Waals surface area contributed by atoms with E-state index in [4.69, 9.17) is 69.6 Å². The van der Waals surface area contributed by atoms with Crippen LogP contribution in [0.15, 0.2) is 12.1 Å². The normalized spacial score (nSPS) is 13.4. The van der Waals surface area contributed by atoms with Gasteiger partial charge in [0, 0.05) is 0 Å². The summed E-state index contributed by atoms with van der Waals surface area (Å²) in [6.07, 6.45) is 0. The van der Waals surface area contributed by atoms with E-state index in [-0.39, 0.29) is 0 Å². The van der Waals surface area contributed by atoms with Crippen molar-refractivity contribution in [3.05, 3.63) is 21.9 Å². The minimum atomic E-state index is -1.46. The summed E-state index contributed by atoms with van der Waals surface area (Å²) in [4.78, 5) is 1.05. The topological polar surface area (TPSA) is 0 Å². The smallest absolute Gasteiger partial charge is 0.136 e. The van der Waals surface area contributed by atoms with Crippen molar-refractivity contribution < 1.29 is 0 Å². The zero-order valence-corrected chi connectivity index (χ0v) is 11.2. The minimum Gasteiger partial charge on any atom is -0.136 e. The van der Waals surface area contributed by atoms with Crippen molar-refractivity contribution in [3.63, 3.8) is 0 Å². The lowest BCUT2D eigenvalue weighted by Gasteiger charge is -2.08. The first-order valence-electron chi connectivity index (χ1n) is 2.95. The van der Waals surface area contributed by atoms with Gasteiger partial charge in [0.2, 0.25) is 7.59 Å². The Labute approximate surface area is 110 Å². The average molecular weight is 319 g/mol. The third-order valence-corrected chi connectivity index (χ3v) is 4.38. The molecule has 0 bridgehead atoms. The highest BCUT2D eigenvalue weighted by atomic mass is 35.6. The largest absolute Gasteiger partial charge is 0.225 e. The fourth-order valence-electron chi connectivity index (χ4n) is 0.643. The SMILES string of the molecule is ClC(Cl)(Cl)c1ccc(C(Cl)(Cl)Cl)s1. The molecule has 0 nitrogen and oxygen atoms in total. The average Bonchev–Trinajstić information content (AvgIpc) is 2.28. The second-order valence-electron chi connectivity index (χ2n) is 2.16. The van der Waals surface area contributed by atoms with Crippen molar-refractivity contribution in [2.24, 2.45) is 0 Å². The molecule has 0 saturated heterocycles. The summed E-state index contributed by atoms with van der Waals surface area (Å²) in [5.41, 5.74) is 0. The van der Waals surface area contributed by atoms with E-state index < -0.39 is 7.59 Å². The van der Waals surface area contributed by atoms with Gasteiger partial charge in [-0.25, -0.2) is 0 Å². The lowest BCUT2D eigenvalue weighted by atomic mass is 10.4. The van der Waals surface area contributed by atoms with E-state index in [0.29, 0.717) is 9.75 Å². The fraction of sp³-hybridized carbons (Fsp3) is 0.333. The molecule has 0 spiro atoms. The Morgan fingerprint density at radius 2 is 1.08 bits per heavy atom. The molecule has 1 heterocycles. The third-order valence-electron chi connectivity index (χ3n) is 1.16. The van der Waals surface area contributed by atoms with Crippen LogP contribution in [0.4, 0.5) is 0 Å². The van der Waals surface area contributed by atoms with Gasteiger partial charge in [0.05, 0.1) is 9.75 Å². The molecular weight excluding hydrogens is 317 g/mol. The number of alkyl halides is 6. The lowest BCUT2D eigenvalue weighted by Crippen LogP contribution is -1.96. The summed E-state index contributed by atoms with van der Waals surface area (Å²) in [6.45, 7) is 0.